The Morgan fingerprint density at radius 3 is 2.50 bits per heavy atom. The molecule has 0 fully saturated rings. The van der Waals surface area contributed by atoms with Crippen molar-refractivity contribution < 1.29 is 4.42 Å². The number of hydrogen-bond donors (Lipinski definition) is 2. The Labute approximate surface area is 147 Å². The fraction of sp³-hybridized carbons (Fsp3) is 0.778. The van der Waals surface area contributed by atoms with Gasteiger partial charge >= 0.3 is 0 Å². The lowest BCUT2D eigenvalue weighted by Gasteiger charge is -2.25. The van der Waals surface area contributed by atoms with Gasteiger partial charge in [-0.3, -0.25) is 4.90 Å². The van der Waals surface area contributed by atoms with E-state index in [4.69, 9.17) is 4.42 Å². The van der Waals surface area contributed by atoms with Crippen LogP contribution in [0.15, 0.2) is 15.6 Å². The highest BCUT2D eigenvalue weighted by Gasteiger charge is 2.19. The lowest BCUT2D eigenvalue weighted by molar-refractivity contribution is 0.237. The highest BCUT2D eigenvalue weighted by atomic mass is 16.4. The maximum atomic E-state index is 5.79. The zero-order chi connectivity index (χ0) is 18.2. The lowest BCUT2D eigenvalue weighted by Crippen LogP contribution is -2.43. The first-order valence-electron chi connectivity index (χ1n) is 8.99. The standard InChI is InChI=1S/C18H35N5O/c1-8-19-17(20-10-11-23(9-2)14(3)4)22-13-16-21-12-15(24-16)18(5,6)7/h12,14H,8-11,13H2,1-7H3,(H2,19,20,22). The molecule has 138 valence electrons. The van der Waals surface area contributed by atoms with Crippen molar-refractivity contribution >= 4 is 5.96 Å². The first kappa shape index (κ1) is 20.5. The Morgan fingerprint density at radius 2 is 2.00 bits per heavy atom. The highest BCUT2D eigenvalue weighted by Crippen LogP contribution is 2.22. The van der Waals surface area contributed by atoms with E-state index in [9.17, 15) is 0 Å². The molecule has 1 aromatic rings. The van der Waals surface area contributed by atoms with Crippen LogP contribution in [-0.4, -0.2) is 48.1 Å². The molecule has 0 aliphatic carbocycles. The monoisotopic (exact) mass is 337 g/mol. The summed E-state index contributed by atoms with van der Waals surface area (Å²) in [6.45, 7) is 19.2. The molecule has 1 aromatic heterocycles. The van der Waals surface area contributed by atoms with Crippen molar-refractivity contribution in [1.29, 1.82) is 0 Å². The molecule has 0 saturated carbocycles. The van der Waals surface area contributed by atoms with E-state index in [-0.39, 0.29) is 5.41 Å². The molecule has 0 aliphatic heterocycles. The Morgan fingerprint density at radius 1 is 1.29 bits per heavy atom. The van der Waals surface area contributed by atoms with Gasteiger partial charge in [0.15, 0.2) is 5.96 Å². The van der Waals surface area contributed by atoms with Gasteiger partial charge in [-0.25, -0.2) is 9.98 Å². The molecule has 0 bridgehead atoms. The summed E-state index contributed by atoms with van der Waals surface area (Å²) in [6, 6.07) is 0.555. The number of hydrogen-bond acceptors (Lipinski definition) is 4. The topological polar surface area (TPSA) is 65.7 Å². The Balaban J connectivity index is 2.57. The number of nitrogens with one attached hydrogen (secondary N) is 2. The second kappa shape index (κ2) is 9.67. The minimum absolute atomic E-state index is 0.0296. The van der Waals surface area contributed by atoms with Gasteiger partial charge in [-0.1, -0.05) is 27.7 Å². The average molecular weight is 338 g/mol. The van der Waals surface area contributed by atoms with Gasteiger partial charge in [0, 0.05) is 31.1 Å². The van der Waals surface area contributed by atoms with Gasteiger partial charge in [0.1, 0.15) is 12.3 Å². The summed E-state index contributed by atoms with van der Waals surface area (Å²) in [4.78, 5) is 11.3. The van der Waals surface area contributed by atoms with E-state index < -0.39 is 0 Å². The number of aliphatic imine (C=N–C) groups is 1. The fourth-order valence-electron chi connectivity index (χ4n) is 2.32. The van der Waals surface area contributed by atoms with Crippen LogP contribution in [0, 0.1) is 0 Å². The van der Waals surface area contributed by atoms with Gasteiger partial charge in [-0.05, 0) is 27.3 Å². The zero-order valence-electron chi connectivity index (χ0n) is 16.4. The third kappa shape index (κ3) is 6.91. The second-order valence-electron chi connectivity index (χ2n) is 7.21. The molecule has 0 unspecified atom stereocenters. The molecule has 1 rings (SSSR count). The van der Waals surface area contributed by atoms with E-state index in [1.54, 1.807) is 6.20 Å². The van der Waals surface area contributed by atoms with Crippen molar-refractivity contribution in [2.45, 2.75) is 66.5 Å². The summed E-state index contributed by atoms with van der Waals surface area (Å²) in [6.07, 6.45) is 1.80. The van der Waals surface area contributed by atoms with E-state index in [1.807, 2.05) is 0 Å². The molecular formula is C18H35N5O. The third-order valence-electron chi connectivity index (χ3n) is 3.84. The smallest absolute Gasteiger partial charge is 0.216 e. The SMILES string of the molecule is CCNC(=NCc1ncc(C(C)(C)C)o1)NCCN(CC)C(C)C. The van der Waals surface area contributed by atoms with Crippen molar-refractivity contribution in [1.82, 2.24) is 20.5 Å². The molecule has 6 heteroatoms. The molecule has 0 aliphatic rings. The van der Waals surface area contributed by atoms with Crippen molar-refractivity contribution in [3.63, 3.8) is 0 Å². The zero-order valence-corrected chi connectivity index (χ0v) is 16.4. The van der Waals surface area contributed by atoms with Gasteiger partial charge in [0.2, 0.25) is 5.89 Å². The molecule has 6 nitrogen and oxygen atoms in total. The average Bonchev–Trinajstić information content (AvgIpc) is 2.97. The maximum absolute atomic E-state index is 5.79. The minimum atomic E-state index is -0.0296. The number of nitrogens with zero attached hydrogens (tertiary/aromatic N) is 3. The molecule has 0 aromatic carbocycles. The van der Waals surface area contributed by atoms with Gasteiger partial charge in [0.05, 0.1) is 6.20 Å². The molecule has 0 amide bonds. The maximum Gasteiger partial charge on any atom is 0.216 e. The van der Waals surface area contributed by atoms with E-state index in [2.05, 4.69) is 74.0 Å². The molecule has 0 spiro atoms. The first-order valence-corrected chi connectivity index (χ1v) is 8.99. The quantitative estimate of drug-likeness (QED) is 0.564. The number of oxazole rings is 1. The number of likely N-dealkylation sites (N-methyl/N-ethyl adjacent to an activating group) is 1. The fourth-order valence-corrected chi connectivity index (χ4v) is 2.32. The number of guanidine groups is 1. The third-order valence-corrected chi connectivity index (χ3v) is 3.84. The van der Waals surface area contributed by atoms with Crippen LogP contribution in [0.2, 0.25) is 0 Å². The Hall–Kier alpha value is -1.56. The van der Waals surface area contributed by atoms with E-state index in [0.29, 0.717) is 18.5 Å². The van der Waals surface area contributed by atoms with E-state index in [0.717, 1.165) is 37.9 Å². The van der Waals surface area contributed by atoms with Crippen molar-refractivity contribution in [3.8, 4) is 0 Å². The largest absolute Gasteiger partial charge is 0.443 e. The Bertz CT molecular complexity index is 502. The van der Waals surface area contributed by atoms with Gasteiger partial charge < -0.3 is 15.1 Å². The Kier molecular flexibility index (Phi) is 8.25. The minimum Gasteiger partial charge on any atom is -0.443 e. The van der Waals surface area contributed by atoms with Gasteiger partial charge in [-0.2, -0.15) is 0 Å². The normalized spacial score (nSPS) is 13.0. The number of aromatic nitrogens is 1. The molecule has 24 heavy (non-hydrogen) atoms. The number of rotatable bonds is 8. The van der Waals surface area contributed by atoms with Crippen LogP contribution in [0.1, 0.15) is 60.1 Å². The second-order valence-corrected chi connectivity index (χ2v) is 7.21. The first-order chi connectivity index (χ1) is 11.3. The van der Waals surface area contributed by atoms with E-state index >= 15 is 0 Å². The van der Waals surface area contributed by atoms with Crippen LogP contribution in [-0.2, 0) is 12.0 Å². The molecule has 2 N–H and O–H groups in total. The van der Waals surface area contributed by atoms with Crippen LogP contribution in [0.3, 0.4) is 0 Å². The predicted molar refractivity (Wildman–Crippen MR) is 100 cm³/mol. The molecule has 0 radical (unpaired) electrons. The van der Waals surface area contributed by atoms with Gasteiger partial charge in [0.25, 0.3) is 0 Å². The van der Waals surface area contributed by atoms with Crippen molar-refractivity contribution in [2.24, 2.45) is 4.99 Å². The van der Waals surface area contributed by atoms with Crippen LogP contribution in [0.5, 0.6) is 0 Å². The predicted octanol–water partition coefficient (Wildman–Crippen LogP) is 2.76. The van der Waals surface area contributed by atoms with Crippen LogP contribution in [0.25, 0.3) is 0 Å². The van der Waals surface area contributed by atoms with Crippen LogP contribution < -0.4 is 10.6 Å². The molecule has 0 saturated heterocycles. The summed E-state index contributed by atoms with van der Waals surface area (Å²) >= 11 is 0. The highest BCUT2D eigenvalue weighted by molar-refractivity contribution is 5.79. The van der Waals surface area contributed by atoms with Gasteiger partial charge in [-0.15, -0.1) is 0 Å². The van der Waals surface area contributed by atoms with Crippen molar-refractivity contribution in [3.05, 3.63) is 17.8 Å². The molecular weight excluding hydrogens is 302 g/mol. The van der Waals surface area contributed by atoms with Crippen molar-refractivity contribution in [2.75, 3.05) is 26.2 Å². The van der Waals surface area contributed by atoms with E-state index in [1.165, 1.54) is 0 Å². The summed E-state index contributed by atoms with van der Waals surface area (Å²) in [5, 5.41) is 6.64. The van der Waals surface area contributed by atoms with Crippen LogP contribution in [0.4, 0.5) is 0 Å². The summed E-state index contributed by atoms with van der Waals surface area (Å²) < 4.78 is 5.79. The lowest BCUT2D eigenvalue weighted by atomic mass is 9.94. The summed E-state index contributed by atoms with van der Waals surface area (Å²) in [5.41, 5.74) is -0.0296. The summed E-state index contributed by atoms with van der Waals surface area (Å²) in [7, 11) is 0. The summed E-state index contributed by atoms with van der Waals surface area (Å²) in [5.74, 6) is 2.34. The molecule has 0 atom stereocenters. The molecule has 1 heterocycles. The van der Waals surface area contributed by atoms with Crippen LogP contribution >= 0.6 is 0 Å².